The van der Waals surface area contributed by atoms with Crippen LogP contribution in [-0.2, 0) is 20.9 Å². The van der Waals surface area contributed by atoms with Crippen LogP contribution in [0.1, 0.15) is 95.3 Å². The van der Waals surface area contributed by atoms with Gasteiger partial charge < -0.3 is 35.3 Å². The highest BCUT2D eigenvalue weighted by molar-refractivity contribution is 5.99. The number of hydrogen-bond acceptors (Lipinski definition) is 7. The fraction of sp³-hybridized carbons (Fsp3) is 0.435. The predicted molar refractivity (Wildman–Crippen MR) is 218 cm³/mol. The maximum Gasteiger partial charge on any atom is 0.323 e. The fourth-order valence-corrected chi connectivity index (χ4v) is 8.51. The third-order valence-electron chi connectivity index (χ3n) is 11.4. The number of amides is 3. The van der Waals surface area contributed by atoms with Crippen molar-refractivity contribution in [3.05, 3.63) is 120 Å². The molecule has 0 bridgehead atoms. The van der Waals surface area contributed by atoms with Crippen LogP contribution in [0.5, 0.6) is 11.5 Å². The number of carbonyl (C=O) groups is 2. The van der Waals surface area contributed by atoms with Crippen molar-refractivity contribution < 1.29 is 28.9 Å². The van der Waals surface area contributed by atoms with Crippen molar-refractivity contribution in [2.45, 2.75) is 109 Å². The number of ether oxygens (including phenoxy) is 3. The van der Waals surface area contributed by atoms with Gasteiger partial charge in [-0.2, -0.15) is 0 Å². The molecular formula is C46H56N4O6. The monoisotopic (exact) mass is 760 g/mol. The van der Waals surface area contributed by atoms with E-state index in [0.29, 0.717) is 35.6 Å². The van der Waals surface area contributed by atoms with Gasteiger partial charge in [-0.15, -0.1) is 0 Å². The summed E-state index contributed by atoms with van der Waals surface area (Å²) in [6.07, 6.45) is 5.44. The molecule has 0 radical (unpaired) electrons. The smallest absolute Gasteiger partial charge is 0.323 e. The molecule has 7 rings (SSSR count). The average molecular weight is 761 g/mol. The van der Waals surface area contributed by atoms with Crippen LogP contribution in [0.15, 0.2) is 103 Å². The number of aliphatic hydroxyl groups excluding tert-OH is 1. The fourth-order valence-electron chi connectivity index (χ4n) is 8.51. The van der Waals surface area contributed by atoms with Gasteiger partial charge in [0.2, 0.25) is 5.91 Å². The standard InChI is InChI=1S/C46H56N4O6/c1-30-41(28-50-39-13-9-8-10-32(39)20-27-40(50)43(52)49-46(2,3)4)55-44(56-42(30)33-16-14-31(29-51)15-17-33)34-18-21-35(22-19-34)47-45(53)48-36-23-25-38(26-24-36)54-37-11-6-5-7-12-37/h5-7,11-12,14-19,21-26,30,32,39-42,44,51H,8-10,13,20,27-29H2,1-4H3,(H,49,52)(H2,47,48,53)/t30-,32+,39+,40+,41+,42+,44+/m0/s1. The summed E-state index contributed by atoms with van der Waals surface area (Å²) in [4.78, 5) is 29.3. The van der Waals surface area contributed by atoms with Crippen LogP contribution in [0, 0.1) is 11.8 Å². The van der Waals surface area contributed by atoms with E-state index in [1.165, 1.54) is 19.3 Å². The van der Waals surface area contributed by atoms with Gasteiger partial charge >= 0.3 is 6.03 Å². The number of anilines is 2. The first-order valence-corrected chi connectivity index (χ1v) is 20.1. The molecule has 1 saturated carbocycles. The summed E-state index contributed by atoms with van der Waals surface area (Å²) in [5.41, 5.74) is 3.61. The Hall–Kier alpha value is -4.74. The van der Waals surface area contributed by atoms with E-state index in [2.05, 4.69) is 27.8 Å². The lowest BCUT2D eigenvalue weighted by Crippen LogP contribution is -2.61. The zero-order valence-corrected chi connectivity index (χ0v) is 32.9. The molecule has 2 heterocycles. The zero-order valence-electron chi connectivity index (χ0n) is 32.9. The molecule has 7 atom stereocenters. The van der Waals surface area contributed by atoms with Crippen LogP contribution in [0.4, 0.5) is 16.2 Å². The third-order valence-corrected chi connectivity index (χ3v) is 11.4. The number of nitrogens with one attached hydrogen (secondary N) is 3. The summed E-state index contributed by atoms with van der Waals surface area (Å²) in [6.45, 7) is 8.88. The quantitative estimate of drug-likeness (QED) is 0.127. The number of fused-ring (bicyclic) bond motifs is 1. The van der Waals surface area contributed by atoms with Crippen molar-refractivity contribution in [3.8, 4) is 11.5 Å². The molecule has 296 valence electrons. The maximum absolute atomic E-state index is 13.9. The maximum atomic E-state index is 13.9. The number of carbonyl (C=O) groups excluding carboxylic acids is 2. The summed E-state index contributed by atoms with van der Waals surface area (Å²) >= 11 is 0. The minimum absolute atomic E-state index is 0.0230. The van der Waals surface area contributed by atoms with Crippen molar-refractivity contribution >= 4 is 23.3 Å². The van der Waals surface area contributed by atoms with Crippen molar-refractivity contribution in [3.63, 3.8) is 0 Å². The van der Waals surface area contributed by atoms with E-state index >= 15 is 0 Å². The molecule has 3 aliphatic rings. The molecule has 4 N–H and O–H groups in total. The third kappa shape index (κ3) is 9.79. The van der Waals surface area contributed by atoms with Crippen LogP contribution < -0.4 is 20.7 Å². The van der Waals surface area contributed by atoms with E-state index in [-0.39, 0.29) is 48.3 Å². The second-order valence-electron chi connectivity index (χ2n) is 16.6. The van der Waals surface area contributed by atoms with E-state index in [1.807, 2.05) is 112 Å². The van der Waals surface area contributed by atoms with E-state index < -0.39 is 6.29 Å². The number of para-hydroxylation sites is 1. The van der Waals surface area contributed by atoms with Gasteiger partial charge in [0, 0.05) is 41.0 Å². The largest absolute Gasteiger partial charge is 0.457 e. The number of benzene rings is 4. The Kier molecular flexibility index (Phi) is 12.4. The van der Waals surface area contributed by atoms with Crippen LogP contribution in [0.25, 0.3) is 0 Å². The first kappa shape index (κ1) is 39.5. The number of urea groups is 1. The van der Waals surface area contributed by atoms with Gasteiger partial charge in [0.15, 0.2) is 6.29 Å². The topological polar surface area (TPSA) is 121 Å². The summed E-state index contributed by atoms with van der Waals surface area (Å²) in [6, 6.07) is 32.0. The van der Waals surface area contributed by atoms with Gasteiger partial charge in [0.05, 0.1) is 24.9 Å². The molecule has 0 spiro atoms. The number of nitrogens with zero attached hydrogens (tertiary/aromatic N) is 1. The number of rotatable bonds is 10. The molecule has 4 aromatic carbocycles. The molecule has 4 aromatic rings. The molecule has 3 fully saturated rings. The Balaban J connectivity index is 1.07. The summed E-state index contributed by atoms with van der Waals surface area (Å²) in [5.74, 6) is 2.07. The molecule has 56 heavy (non-hydrogen) atoms. The highest BCUT2D eigenvalue weighted by Gasteiger charge is 2.46. The Labute approximate surface area is 330 Å². The molecule has 10 heteroatoms. The lowest BCUT2D eigenvalue weighted by molar-refractivity contribution is -0.278. The van der Waals surface area contributed by atoms with E-state index in [9.17, 15) is 14.7 Å². The zero-order chi connectivity index (χ0) is 39.2. The molecule has 10 nitrogen and oxygen atoms in total. The second-order valence-corrected chi connectivity index (χ2v) is 16.6. The van der Waals surface area contributed by atoms with Crippen LogP contribution in [-0.4, -0.2) is 52.2 Å². The highest BCUT2D eigenvalue weighted by atomic mass is 16.7. The molecule has 2 saturated heterocycles. The predicted octanol–water partition coefficient (Wildman–Crippen LogP) is 9.34. The van der Waals surface area contributed by atoms with Crippen molar-refractivity contribution in [2.24, 2.45) is 11.8 Å². The summed E-state index contributed by atoms with van der Waals surface area (Å²) in [5, 5.41) is 18.8. The van der Waals surface area contributed by atoms with Crippen molar-refractivity contribution in [1.82, 2.24) is 10.2 Å². The van der Waals surface area contributed by atoms with Crippen molar-refractivity contribution in [1.29, 1.82) is 0 Å². The summed E-state index contributed by atoms with van der Waals surface area (Å²) < 4.78 is 19.5. The normalized spacial score (nSPS) is 25.4. The Morgan fingerprint density at radius 3 is 2.05 bits per heavy atom. The molecule has 1 aliphatic carbocycles. The number of aliphatic hydroxyl groups is 1. The number of hydrogen-bond donors (Lipinski definition) is 4. The lowest BCUT2D eigenvalue weighted by atomic mass is 9.75. The molecule has 0 aromatic heterocycles. The lowest BCUT2D eigenvalue weighted by Gasteiger charge is -2.51. The molecular weight excluding hydrogens is 705 g/mol. The SMILES string of the molecule is C[C@H]1[C@@H](CN2[C@@H](C(=O)NC(C)(C)C)CC[C@H]3CCCC[C@H]32)O[C@@H](c2ccc(NC(=O)Nc3ccc(Oc4ccccc4)cc3)cc2)O[C@H]1c1ccc(CO)cc1. The first-order valence-electron chi connectivity index (χ1n) is 20.1. The van der Waals surface area contributed by atoms with E-state index in [0.717, 1.165) is 41.7 Å². The molecule has 3 amide bonds. The van der Waals surface area contributed by atoms with Gasteiger partial charge in [-0.05, 0) is 112 Å². The van der Waals surface area contributed by atoms with Gasteiger partial charge in [-0.3, -0.25) is 9.69 Å². The Bertz CT molecular complexity index is 1900. The van der Waals surface area contributed by atoms with Gasteiger partial charge in [-0.1, -0.05) is 74.4 Å². The van der Waals surface area contributed by atoms with Crippen LogP contribution >= 0.6 is 0 Å². The number of likely N-dealkylation sites (tertiary alicyclic amines) is 1. The van der Waals surface area contributed by atoms with Crippen molar-refractivity contribution in [2.75, 3.05) is 17.2 Å². The molecule has 0 unspecified atom stereocenters. The minimum Gasteiger partial charge on any atom is -0.457 e. The summed E-state index contributed by atoms with van der Waals surface area (Å²) in [7, 11) is 0. The minimum atomic E-state index is -0.674. The van der Waals surface area contributed by atoms with Crippen LogP contribution in [0.3, 0.4) is 0 Å². The molecule has 2 aliphatic heterocycles. The van der Waals surface area contributed by atoms with Gasteiger partial charge in [0.25, 0.3) is 0 Å². The van der Waals surface area contributed by atoms with Crippen LogP contribution in [0.2, 0.25) is 0 Å². The second kappa shape index (κ2) is 17.6. The van der Waals surface area contributed by atoms with E-state index in [4.69, 9.17) is 14.2 Å². The number of piperidine rings is 1. The highest BCUT2D eigenvalue weighted by Crippen LogP contribution is 2.44. The van der Waals surface area contributed by atoms with Gasteiger partial charge in [-0.25, -0.2) is 4.79 Å². The Morgan fingerprint density at radius 2 is 1.39 bits per heavy atom. The van der Waals surface area contributed by atoms with Gasteiger partial charge in [0.1, 0.15) is 11.5 Å². The average Bonchev–Trinajstić information content (AvgIpc) is 3.19. The Morgan fingerprint density at radius 1 is 0.768 bits per heavy atom. The van der Waals surface area contributed by atoms with E-state index in [1.54, 1.807) is 12.1 Å². The first-order chi connectivity index (χ1) is 27.0.